The first kappa shape index (κ1) is 12.9. The van der Waals surface area contributed by atoms with Crippen molar-refractivity contribution in [2.24, 2.45) is 12.2 Å². The first-order chi connectivity index (χ1) is 10.2. The van der Waals surface area contributed by atoms with E-state index in [0.717, 1.165) is 37.1 Å². The minimum atomic E-state index is 0.00529. The Kier molecular flexibility index (Phi) is 2.81. The van der Waals surface area contributed by atoms with Gasteiger partial charge in [-0.05, 0) is 38.2 Å². The van der Waals surface area contributed by atoms with Crippen LogP contribution in [-0.4, -0.2) is 21.1 Å². The minimum absolute atomic E-state index is 0.00529. The van der Waals surface area contributed by atoms with E-state index in [9.17, 15) is 0 Å². The molecule has 21 heavy (non-hydrogen) atoms. The molecule has 4 heteroatoms. The molecule has 0 saturated heterocycles. The summed E-state index contributed by atoms with van der Waals surface area (Å²) in [6.07, 6.45) is 6.75. The van der Waals surface area contributed by atoms with E-state index < -0.39 is 0 Å². The van der Waals surface area contributed by atoms with Crippen LogP contribution in [0.1, 0.15) is 50.3 Å². The van der Waals surface area contributed by atoms with Crippen molar-refractivity contribution in [1.82, 2.24) is 9.78 Å². The van der Waals surface area contributed by atoms with Crippen LogP contribution in [0.5, 0.6) is 0 Å². The second-order valence-corrected chi connectivity index (χ2v) is 6.35. The van der Waals surface area contributed by atoms with Gasteiger partial charge in [0.2, 0.25) is 0 Å². The Bertz CT molecular complexity index is 723. The number of fused-ring (bicyclic) bond motifs is 1. The normalized spacial score (nSPS) is 20.2. The molecule has 0 amide bonds. The van der Waals surface area contributed by atoms with Crippen LogP contribution in [0.25, 0.3) is 10.9 Å². The highest BCUT2D eigenvalue weighted by atomic mass is 16.7. The van der Waals surface area contributed by atoms with Crippen LogP contribution < -0.4 is 0 Å². The molecule has 4 nitrogen and oxygen atoms in total. The van der Waals surface area contributed by atoms with Crippen molar-refractivity contribution in [3.8, 4) is 0 Å². The smallest absolute Gasteiger partial charge is 0.143 e. The van der Waals surface area contributed by atoms with E-state index in [-0.39, 0.29) is 5.60 Å². The Morgan fingerprint density at radius 2 is 2.10 bits per heavy atom. The van der Waals surface area contributed by atoms with Gasteiger partial charge in [-0.1, -0.05) is 24.2 Å². The van der Waals surface area contributed by atoms with Crippen molar-refractivity contribution in [2.45, 2.75) is 51.0 Å². The number of hydrogen-bond donors (Lipinski definition) is 0. The number of benzene rings is 1. The Labute approximate surface area is 124 Å². The molecular weight excluding hydrogens is 262 g/mol. The third kappa shape index (κ3) is 1.96. The minimum Gasteiger partial charge on any atom is -0.389 e. The van der Waals surface area contributed by atoms with E-state index in [1.54, 1.807) is 0 Å². The lowest BCUT2D eigenvalue weighted by molar-refractivity contribution is -0.0126. The van der Waals surface area contributed by atoms with Gasteiger partial charge in [0.1, 0.15) is 5.60 Å². The molecule has 0 N–H and O–H groups in total. The monoisotopic (exact) mass is 283 g/mol. The molecule has 2 aliphatic rings. The molecule has 0 unspecified atom stereocenters. The van der Waals surface area contributed by atoms with Crippen molar-refractivity contribution in [3.05, 3.63) is 29.5 Å². The van der Waals surface area contributed by atoms with Gasteiger partial charge in [-0.3, -0.25) is 4.68 Å². The number of rotatable bonds is 2. The first-order valence-corrected chi connectivity index (χ1v) is 7.92. The zero-order valence-corrected chi connectivity index (χ0v) is 12.7. The summed E-state index contributed by atoms with van der Waals surface area (Å²) in [4.78, 5) is 5.80. The molecule has 1 fully saturated rings. The Morgan fingerprint density at radius 3 is 2.86 bits per heavy atom. The Balaban J connectivity index is 1.70. The fourth-order valence-corrected chi connectivity index (χ4v) is 3.74. The van der Waals surface area contributed by atoms with Gasteiger partial charge < -0.3 is 4.84 Å². The van der Waals surface area contributed by atoms with E-state index in [1.807, 2.05) is 11.7 Å². The molecule has 110 valence electrons. The summed E-state index contributed by atoms with van der Waals surface area (Å²) in [5, 5.41) is 10.2. The summed E-state index contributed by atoms with van der Waals surface area (Å²) in [6.45, 7) is 2.15. The van der Waals surface area contributed by atoms with Gasteiger partial charge in [-0.25, -0.2) is 0 Å². The fraction of sp³-hybridized carbons (Fsp3) is 0.529. The molecule has 2 heterocycles. The molecule has 1 aromatic carbocycles. The van der Waals surface area contributed by atoms with E-state index in [1.165, 1.54) is 29.3 Å². The lowest BCUT2D eigenvalue weighted by Crippen LogP contribution is -2.24. The summed E-state index contributed by atoms with van der Waals surface area (Å²) >= 11 is 0. The second kappa shape index (κ2) is 4.58. The van der Waals surface area contributed by atoms with E-state index >= 15 is 0 Å². The maximum Gasteiger partial charge on any atom is 0.143 e. The molecule has 0 radical (unpaired) electrons. The summed E-state index contributed by atoms with van der Waals surface area (Å²) in [5.41, 5.74) is 4.62. The third-order valence-corrected chi connectivity index (χ3v) is 4.95. The zero-order valence-electron chi connectivity index (χ0n) is 12.7. The molecule has 1 spiro atoms. The van der Waals surface area contributed by atoms with Crippen molar-refractivity contribution >= 4 is 16.6 Å². The van der Waals surface area contributed by atoms with Gasteiger partial charge in [0, 0.05) is 24.4 Å². The Morgan fingerprint density at radius 1 is 1.29 bits per heavy atom. The van der Waals surface area contributed by atoms with Crippen molar-refractivity contribution in [3.63, 3.8) is 0 Å². The standard InChI is InChI=1S/C17H21N3O/c1-3-14-13-7-6-12(10-16(13)20(2)18-14)15-11-17(21-19-15)8-4-5-9-17/h6-7,10H,3-5,8-9,11H2,1-2H3. The van der Waals surface area contributed by atoms with E-state index in [2.05, 4.69) is 35.4 Å². The number of aromatic nitrogens is 2. The molecule has 1 saturated carbocycles. The highest BCUT2D eigenvalue weighted by molar-refractivity contribution is 6.04. The molecule has 1 aliphatic carbocycles. The summed E-state index contributed by atoms with van der Waals surface area (Å²) in [6, 6.07) is 6.55. The molecule has 1 aliphatic heterocycles. The van der Waals surface area contributed by atoms with Gasteiger partial charge in [0.25, 0.3) is 0 Å². The van der Waals surface area contributed by atoms with E-state index in [0.29, 0.717) is 0 Å². The quantitative estimate of drug-likeness (QED) is 0.845. The van der Waals surface area contributed by atoms with Gasteiger partial charge in [0.15, 0.2) is 0 Å². The molecule has 0 bridgehead atoms. The van der Waals surface area contributed by atoms with Crippen LogP contribution in [0.4, 0.5) is 0 Å². The maximum atomic E-state index is 5.80. The topological polar surface area (TPSA) is 39.4 Å². The number of aryl methyl sites for hydroxylation is 2. The first-order valence-electron chi connectivity index (χ1n) is 7.92. The van der Waals surface area contributed by atoms with Crippen LogP contribution in [-0.2, 0) is 18.3 Å². The van der Waals surface area contributed by atoms with Crippen LogP contribution in [0.3, 0.4) is 0 Å². The average molecular weight is 283 g/mol. The number of nitrogens with zero attached hydrogens (tertiary/aromatic N) is 3. The molecule has 0 atom stereocenters. The number of hydrogen-bond acceptors (Lipinski definition) is 3. The highest BCUT2D eigenvalue weighted by Crippen LogP contribution is 2.41. The zero-order chi connectivity index (χ0) is 14.4. The largest absolute Gasteiger partial charge is 0.389 e. The summed E-state index contributed by atoms with van der Waals surface area (Å²) in [7, 11) is 2.01. The molecule has 1 aromatic heterocycles. The maximum absolute atomic E-state index is 5.80. The van der Waals surface area contributed by atoms with Crippen molar-refractivity contribution in [1.29, 1.82) is 0 Å². The molecule has 4 rings (SSSR count). The molecular formula is C17H21N3O. The lowest BCUT2D eigenvalue weighted by atomic mass is 9.92. The Hall–Kier alpha value is -1.84. The van der Waals surface area contributed by atoms with Crippen LogP contribution in [0, 0.1) is 0 Å². The van der Waals surface area contributed by atoms with Crippen LogP contribution >= 0.6 is 0 Å². The van der Waals surface area contributed by atoms with Crippen molar-refractivity contribution in [2.75, 3.05) is 0 Å². The number of oxime groups is 1. The van der Waals surface area contributed by atoms with Crippen LogP contribution in [0.15, 0.2) is 23.4 Å². The SMILES string of the molecule is CCc1nn(C)c2cc(C3=NOC4(CCCC4)C3)ccc12. The van der Waals surface area contributed by atoms with Crippen LogP contribution in [0.2, 0.25) is 0 Å². The highest BCUT2D eigenvalue weighted by Gasteiger charge is 2.41. The van der Waals surface area contributed by atoms with Crippen molar-refractivity contribution < 1.29 is 4.84 Å². The van der Waals surface area contributed by atoms with Gasteiger partial charge in [0.05, 0.1) is 16.9 Å². The third-order valence-electron chi connectivity index (χ3n) is 4.95. The van der Waals surface area contributed by atoms with Gasteiger partial charge in [-0.15, -0.1) is 0 Å². The van der Waals surface area contributed by atoms with Gasteiger partial charge >= 0.3 is 0 Å². The summed E-state index contributed by atoms with van der Waals surface area (Å²) in [5.74, 6) is 0. The fourth-order valence-electron chi connectivity index (χ4n) is 3.74. The predicted molar refractivity (Wildman–Crippen MR) is 83.5 cm³/mol. The van der Waals surface area contributed by atoms with Gasteiger partial charge in [-0.2, -0.15) is 5.10 Å². The lowest BCUT2D eigenvalue weighted by Gasteiger charge is -2.19. The molecule has 2 aromatic rings. The second-order valence-electron chi connectivity index (χ2n) is 6.35. The van der Waals surface area contributed by atoms with E-state index in [4.69, 9.17) is 4.84 Å². The average Bonchev–Trinajstić information content (AvgIpc) is 3.21. The summed E-state index contributed by atoms with van der Waals surface area (Å²) < 4.78 is 1.97. The predicted octanol–water partition coefficient (Wildman–Crippen LogP) is 3.57.